The maximum absolute atomic E-state index is 10.7. The third-order valence-electron chi connectivity index (χ3n) is 2.96. The van der Waals surface area contributed by atoms with Crippen molar-refractivity contribution in [1.29, 1.82) is 0 Å². The highest BCUT2D eigenvalue weighted by atomic mass is 32.1. The van der Waals surface area contributed by atoms with E-state index in [9.17, 15) is 4.79 Å². The maximum Gasteiger partial charge on any atom is 0.308 e. The summed E-state index contributed by atoms with van der Waals surface area (Å²) in [7, 11) is 0. The quantitative estimate of drug-likeness (QED) is 0.729. The van der Waals surface area contributed by atoms with Gasteiger partial charge in [-0.2, -0.15) is 0 Å². The number of aromatic nitrogens is 1. The highest BCUT2D eigenvalue weighted by molar-refractivity contribution is 7.21. The van der Waals surface area contributed by atoms with Crippen molar-refractivity contribution < 1.29 is 9.90 Å². The van der Waals surface area contributed by atoms with Crippen LogP contribution >= 0.6 is 34.0 Å². The van der Waals surface area contributed by atoms with E-state index in [4.69, 9.17) is 5.11 Å². The van der Waals surface area contributed by atoms with E-state index in [1.54, 1.807) is 22.7 Å². The standard InChI is InChI=1S/C15H13NO2S3/c1-2-9-3-6-13(20-9)15-16-11(8-19-15)12-5-4-10(21-12)7-14(17)18/h3-6,8H,2,7H2,1H3,(H,17,18). The van der Waals surface area contributed by atoms with E-state index in [0.717, 1.165) is 26.9 Å². The molecule has 3 aromatic rings. The molecule has 0 amide bonds. The van der Waals surface area contributed by atoms with Crippen molar-refractivity contribution >= 4 is 40.0 Å². The molecule has 0 aromatic carbocycles. The summed E-state index contributed by atoms with van der Waals surface area (Å²) in [6.07, 6.45) is 1.12. The Morgan fingerprint density at radius 1 is 1.14 bits per heavy atom. The lowest BCUT2D eigenvalue weighted by Crippen LogP contribution is -1.96. The second-order valence-electron chi connectivity index (χ2n) is 4.49. The zero-order chi connectivity index (χ0) is 14.8. The minimum absolute atomic E-state index is 0.0758. The lowest BCUT2D eigenvalue weighted by Gasteiger charge is -1.91. The third-order valence-corrected chi connectivity index (χ3v) is 6.31. The topological polar surface area (TPSA) is 50.2 Å². The van der Waals surface area contributed by atoms with Gasteiger partial charge in [0.25, 0.3) is 0 Å². The van der Waals surface area contributed by atoms with Crippen LogP contribution in [0, 0.1) is 0 Å². The second kappa shape index (κ2) is 6.09. The molecule has 21 heavy (non-hydrogen) atoms. The number of hydrogen-bond acceptors (Lipinski definition) is 5. The van der Waals surface area contributed by atoms with Gasteiger partial charge in [0.15, 0.2) is 0 Å². The van der Waals surface area contributed by atoms with E-state index in [1.165, 1.54) is 21.1 Å². The Balaban J connectivity index is 1.84. The lowest BCUT2D eigenvalue weighted by atomic mass is 10.3. The SMILES string of the molecule is CCc1ccc(-c2nc(-c3ccc(CC(=O)O)s3)cs2)s1. The summed E-state index contributed by atoms with van der Waals surface area (Å²) in [6, 6.07) is 8.09. The Bertz CT molecular complexity index is 769. The Morgan fingerprint density at radius 2 is 1.86 bits per heavy atom. The lowest BCUT2D eigenvalue weighted by molar-refractivity contribution is -0.136. The van der Waals surface area contributed by atoms with Crippen LogP contribution < -0.4 is 0 Å². The van der Waals surface area contributed by atoms with Crippen molar-refractivity contribution in [2.45, 2.75) is 19.8 Å². The van der Waals surface area contributed by atoms with Gasteiger partial charge in [-0.15, -0.1) is 34.0 Å². The molecule has 0 fully saturated rings. The molecule has 1 N–H and O–H groups in total. The first-order valence-corrected chi connectivity index (χ1v) is 9.02. The number of thiophene rings is 2. The van der Waals surface area contributed by atoms with Gasteiger partial charge in [0.1, 0.15) is 5.01 Å². The van der Waals surface area contributed by atoms with E-state index in [-0.39, 0.29) is 6.42 Å². The van der Waals surface area contributed by atoms with Crippen LogP contribution in [0.5, 0.6) is 0 Å². The van der Waals surface area contributed by atoms with Crippen LogP contribution in [-0.2, 0) is 17.6 Å². The number of thiazole rings is 1. The van der Waals surface area contributed by atoms with Crippen molar-refractivity contribution in [3.05, 3.63) is 39.4 Å². The molecule has 3 aromatic heterocycles. The van der Waals surface area contributed by atoms with Crippen LogP contribution in [0.25, 0.3) is 20.5 Å². The fourth-order valence-corrected chi connectivity index (χ4v) is 4.82. The summed E-state index contributed by atoms with van der Waals surface area (Å²) in [4.78, 5) is 19.9. The second-order valence-corrected chi connectivity index (χ2v) is 7.69. The van der Waals surface area contributed by atoms with E-state index in [0.29, 0.717) is 0 Å². The first-order chi connectivity index (χ1) is 10.2. The molecule has 0 radical (unpaired) electrons. The van der Waals surface area contributed by atoms with Crippen LogP contribution in [0.4, 0.5) is 0 Å². The normalized spacial score (nSPS) is 10.9. The van der Waals surface area contributed by atoms with Gasteiger partial charge in [-0.3, -0.25) is 4.79 Å². The predicted molar refractivity (Wildman–Crippen MR) is 89.5 cm³/mol. The van der Waals surface area contributed by atoms with E-state index >= 15 is 0 Å². The minimum atomic E-state index is -0.798. The largest absolute Gasteiger partial charge is 0.481 e. The van der Waals surface area contributed by atoms with Crippen molar-refractivity contribution in [1.82, 2.24) is 4.98 Å². The van der Waals surface area contributed by atoms with Crippen LogP contribution in [0.2, 0.25) is 0 Å². The van der Waals surface area contributed by atoms with Crippen LogP contribution in [0.1, 0.15) is 16.7 Å². The zero-order valence-corrected chi connectivity index (χ0v) is 13.8. The summed E-state index contributed by atoms with van der Waals surface area (Å²) in [6.45, 7) is 2.15. The first kappa shape index (κ1) is 14.4. The highest BCUT2D eigenvalue weighted by Gasteiger charge is 2.11. The van der Waals surface area contributed by atoms with Gasteiger partial charge >= 0.3 is 5.97 Å². The molecule has 0 spiro atoms. The number of aryl methyl sites for hydroxylation is 1. The van der Waals surface area contributed by atoms with E-state index < -0.39 is 5.97 Å². The van der Waals surface area contributed by atoms with Crippen molar-refractivity contribution in [2.75, 3.05) is 0 Å². The molecule has 0 atom stereocenters. The first-order valence-electron chi connectivity index (χ1n) is 6.51. The van der Waals surface area contributed by atoms with E-state index in [2.05, 4.69) is 24.0 Å². The molecular weight excluding hydrogens is 322 g/mol. The number of carboxylic acid groups (broad SMARTS) is 1. The summed E-state index contributed by atoms with van der Waals surface area (Å²) in [5, 5.41) is 11.9. The summed E-state index contributed by atoms with van der Waals surface area (Å²) in [5.74, 6) is -0.798. The summed E-state index contributed by atoms with van der Waals surface area (Å²) in [5.41, 5.74) is 0.933. The van der Waals surface area contributed by atoms with Gasteiger partial charge in [-0.05, 0) is 30.7 Å². The van der Waals surface area contributed by atoms with Gasteiger partial charge in [0, 0.05) is 15.1 Å². The average molecular weight is 335 g/mol. The van der Waals surface area contributed by atoms with Gasteiger partial charge in [-0.1, -0.05) is 6.92 Å². The molecule has 0 aliphatic carbocycles. The fourth-order valence-electron chi connectivity index (χ4n) is 1.94. The Hall–Kier alpha value is -1.50. The predicted octanol–water partition coefficient (Wildman–Crippen LogP) is 4.79. The third kappa shape index (κ3) is 3.23. The van der Waals surface area contributed by atoms with Crippen molar-refractivity contribution in [3.63, 3.8) is 0 Å². The molecule has 0 saturated carbocycles. The number of aliphatic carboxylic acids is 1. The summed E-state index contributed by atoms with van der Waals surface area (Å²) < 4.78 is 0. The Kier molecular flexibility index (Phi) is 4.19. The molecule has 0 saturated heterocycles. The van der Waals surface area contributed by atoms with Crippen molar-refractivity contribution in [2.24, 2.45) is 0 Å². The Labute approximate surface area is 134 Å². The minimum Gasteiger partial charge on any atom is -0.481 e. The van der Waals surface area contributed by atoms with Gasteiger partial charge in [0.05, 0.1) is 21.9 Å². The highest BCUT2D eigenvalue weighted by Crippen LogP contribution is 2.35. The number of carboxylic acids is 1. The average Bonchev–Trinajstić information content (AvgIpc) is 3.17. The van der Waals surface area contributed by atoms with Gasteiger partial charge < -0.3 is 5.11 Å². The fraction of sp³-hybridized carbons (Fsp3) is 0.200. The molecule has 0 bridgehead atoms. The molecule has 3 heterocycles. The molecule has 3 nitrogen and oxygen atoms in total. The summed E-state index contributed by atoms with van der Waals surface area (Å²) >= 11 is 4.92. The van der Waals surface area contributed by atoms with Gasteiger partial charge in [-0.25, -0.2) is 4.98 Å². The zero-order valence-electron chi connectivity index (χ0n) is 11.3. The number of carbonyl (C=O) groups is 1. The molecule has 0 aliphatic rings. The molecule has 0 aliphatic heterocycles. The molecule has 108 valence electrons. The van der Waals surface area contributed by atoms with Crippen LogP contribution in [0.15, 0.2) is 29.6 Å². The maximum atomic E-state index is 10.7. The number of nitrogens with zero attached hydrogens (tertiary/aromatic N) is 1. The smallest absolute Gasteiger partial charge is 0.308 e. The molecule has 0 unspecified atom stereocenters. The van der Waals surface area contributed by atoms with Crippen LogP contribution in [-0.4, -0.2) is 16.1 Å². The number of rotatable bonds is 5. The van der Waals surface area contributed by atoms with Gasteiger partial charge in [0.2, 0.25) is 0 Å². The Morgan fingerprint density at radius 3 is 2.57 bits per heavy atom. The monoisotopic (exact) mass is 335 g/mol. The number of hydrogen-bond donors (Lipinski definition) is 1. The molecule has 3 rings (SSSR count). The van der Waals surface area contributed by atoms with Crippen LogP contribution in [0.3, 0.4) is 0 Å². The molecular formula is C15H13NO2S3. The van der Waals surface area contributed by atoms with Crippen molar-refractivity contribution in [3.8, 4) is 20.5 Å². The molecule has 6 heteroatoms. The van der Waals surface area contributed by atoms with E-state index in [1.807, 2.05) is 17.5 Å².